The molecular weight excluding hydrogens is 154 g/mol. The van der Waals surface area contributed by atoms with Crippen molar-refractivity contribution in [3.8, 4) is 0 Å². The second-order valence-electron chi connectivity index (χ2n) is 3.60. The lowest BCUT2D eigenvalue weighted by Crippen LogP contribution is -2.39. The van der Waals surface area contributed by atoms with Gasteiger partial charge in [-0.3, -0.25) is 4.79 Å². The summed E-state index contributed by atoms with van der Waals surface area (Å²) in [6.07, 6.45) is 3.16. The Kier molecular flexibility index (Phi) is 4.59. The molecule has 0 radical (unpaired) electrons. The zero-order chi connectivity index (χ0) is 9.61. The molecule has 0 saturated heterocycles. The Balaban J connectivity index is 3.75. The summed E-state index contributed by atoms with van der Waals surface area (Å²) in [5.74, 6) is -0.0837. The normalized spacial score (nSPS) is 12.0. The zero-order valence-corrected chi connectivity index (χ0v) is 8.18. The molecule has 0 rings (SSSR count). The second-order valence-corrected chi connectivity index (χ2v) is 3.60. The molecule has 0 aromatic rings. The third-order valence-corrected chi connectivity index (χ3v) is 1.03. The van der Waals surface area contributed by atoms with E-state index in [9.17, 15) is 4.79 Å². The number of hydrogen-bond acceptors (Lipinski definition) is 2. The van der Waals surface area contributed by atoms with E-state index in [2.05, 4.69) is 5.32 Å². The Labute approximate surface area is 73.8 Å². The smallest absolute Gasteiger partial charge is 0.244 e. The van der Waals surface area contributed by atoms with E-state index in [0.29, 0.717) is 6.61 Å². The number of methoxy groups -OCH3 is 1. The molecule has 0 aliphatic carbocycles. The Morgan fingerprint density at radius 2 is 2.08 bits per heavy atom. The van der Waals surface area contributed by atoms with Crippen molar-refractivity contribution < 1.29 is 9.53 Å². The van der Waals surface area contributed by atoms with Gasteiger partial charge in [0.1, 0.15) is 0 Å². The van der Waals surface area contributed by atoms with Crippen molar-refractivity contribution in [2.75, 3.05) is 13.7 Å². The fraction of sp³-hybridized carbons (Fsp3) is 0.667. The van der Waals surface area contributed by atoms with Crippen molar-refractivity contribution in [3.63, 3.8) is 0 Å². The van der Waals surface area contributed by atoms with E-state index in [-0.39, 0.29) is 11.4 Å². The van der Waals surface area contributed by atoms with Gasteiger partial charge in [-0.2, -0.15) is 0 Å². The SMILES string of the molecule is COC/C=C/C(=O)NC(C)(C)C. The molecule has 0 aliphatic heterocycles. The molecule has 1 N–H and O–H groups in total. The average molecular weight is 171 g/mol. The summed E-state index contributed by atoms with van der Waals surface area (Å²) in [7, 11) is 1.59. The van der Waals surface area contributed by atoms with Crippen LogP contribution in [0.15, 0.2) is 12.2 Å². The maximum absolute atomic E-state index is 11.1. The van der Waals surface area contributed by atoms with Gasteiger partial charge in [0.05, 0.1) is 6.61 Å². The summed E-state index contributed by atoms with van der Waals surface area (Å²) in [5, 5.41) is 2.80. The molecule has 0 atom stereocenters. The van der Waals surface area contributed by atoms with Crippen molar-refractivity contribution in [2.24, 2.45) is 0 Å². The van der Waals surface area contributed by atoms with Gasteiger partial charge in [0.25, 0.3) is 0 Å². The first-order valence-corrected chi connectivity index (χ1v) is 3.93. The number of amides is 1. The topological polar surface area (TPSA) is 38.3 Å². The Morgan fingerprint density at radius 3 is 2.50 bits per heavy atom. The van der Waals surface area contributed by atoms with E-state index >= 15 is 0 Å². The van der Waals surface area contributed by atoms with Gasteiger partial charge in [0.2, 0.25) is 5.91 Å². The zero-order valence-electron chi connectivity index (χ0n) is 8.18. The van der Waals surface area contributed by atoms with Crippen LogP contribution in [0.3, 0.4) is 0 Å². The van der Waals surface area contributed by atoms with Crippen molar-refractivity contribution in [1.29, 1.82) is 0 Å². The van der Waals surface area contributed by atoms with Gasteiger partial charge >= 0.3 is 0 Å². The number of hydrogen-bond donors (Lipinski definition) is 1. The van der Waals surface area contributed by atoms with E-state index in [0.717, 1.165) is 0 Å². The lowest BCUT2D eigenvalue weighted by molar-refractivity contribution is -0.117. The van der Waals surface area contributed by atoms with Gasteiger partial charge in [-0.1, -0.05) is 6.08 Å². The highest BCUT2D eigenvalue weighted by Gasteiger charge is 2.10. The third-order valence-electron chi connectivity index (χ3n) is 1.03. The van der Waals surface area contributed by atoms with Crippen LogP contribution in [0.2, 0.25) is 0 Å². The van der Waals surface area contributed by atoms with E-state index in [4.69, 9.17) is 4.74 Å². The molecule has 3 nitrogen and oxygen atoms in total. The summed E-state index contributed by atoms with van der Waals surface area (Å²) in [4.78, 5) is 11.1. The van der Waals surface area contributed by atoms with Gasteiger partial charge < -0.3 is 10.1 Å². The van der Waals surface area contributed by atoms with Crippen LogP contribution in [0.1, 0.15) is 20.8 Å². The van der Waals surface area contributed by atoms with Gasteiger partial charge in [-0.15, -0.1) is 0 Å². The molecule has 0 heterocycles. The van der Waals surface area contributed by atoms with Crippen LogP contribution in [0.4, 0.5) is 0 Å². The van der Waals surface area contributed by atoms with Crippen molar-refractivity contribution in [3.05, 3.63) is 12.2 Å². The van der Waals surface area contributed by atoms with Gasteiger partial charge in [-0.05, 0) is 20.8 Å². The van der Waals surface area contributed by atoms with E-state index in [1.165, 1.54) is 6.08 Å². The first-order valence-electron chi connectivity index (χ1n) is 3.93. The summed E-state index contributed by atoms with van der Waals surface area (Å²) in [5.41, 5.74) is -0.172. The average Bonchev–Trinajstić information content (AvgIpc) is 1.84. The molecule has 12 heavy (non-hydrogen) atoms. The van der Waals surface area contributed by atoms with Gasteiger partial charge in [0, 0.05) is 18.7 Å². The fourth-order valence-corrected chi connectivity index (χ4v) is 0.663. The molecule has 0 aliphatic rings. The van der Waals surface area contributed by atoms with Gasteiger partial charge in [0.15, 0.2) is 0 Å². The van der Waals surface area contributed by atoms with Crippen molar-refractivity contribution in [2.45, 2.75) is 26.3 Å². The molecule has 1 amide bonds. The fourth-order valence-electron chi connectivity index (χ4n) is 0.663. The highest BCUT2D eigenvalue weighted by Crippen LogP contribution is 1.97. The van der Waals surface area contributed by atoms with Crippen LogP contribution in [-0.4, -0.2) is 25.2 Å². The number of nitrogens with one attached hydrogen (secondary N) is 1. The Bertz CT molecular complexity index is 168. The van der Waals surface area contributed by atoms with E-state index < -0.39 is 0 Å². The van der Waals surface area contributed by atoms with E-state index in [1.54, 1.807) is 13.2 Å². The summed E-state index contributed by atoms with van der Waals surface area (Å²) < 4.78 is 4.76. The largest absolute Gasteiger partial charge is 0.381 e. The summed E-state index contributed by atoms with van der Waals surface area (Å²) in [6.45, 7) is 6.29. The molecule has 0 aromatic heterocycles. The van der Waals surface area contributed by atoms with Crippen molar-refractivity contribution >= 4 is 5.91 Å². The minimum Gasteiger partial charge on any atom is -0.381 e. The Morgan fingerprint density at radius 1 is 1.50 bits per heavy atom. The lowest BCUT2D eigenvalue weighted by atomic mass is 10.1. The first kappa shape index (κ1) is 11.2. The highest BCUT2D eigenvalue weighted by atomic mass is 16.5. The third kappa shape index (κ3) is 7.28. The molecule has 0 fully saturated rings. The molecule has 0 spiro atoms. The maximum Gasteiger partial charge on any atom is 0.244 e. The minimum atomic E-state index is -0.172. The molecule has 0 saturated carbocycles. The number of ether oxygens (including phenoxy) is 1. The molecular formula is C9H17NO2. The number of rotatable bonds is 3. The van der Waals surface area contributed by atoms with Crippen LogP contribution in [0, 0.1) is 0 Å². The molecule has 0 unspecified atom stereocenters. The molecule has 0 bridgehead atoms. The summed E-state index contributed by atoms with van der Waals surface area (Å²) in [6, 6.07) is 0. The highest BCUT2D eigenvalue weighted by molar-refractivity contribution is 5.87. The second kappa shape index (κ2) is 4.93. The number of carbonyl (C=O) groups excluding carboxylic acids is 1. The predicted octanol–water partition coefficient (Wildman–Crippen LogP) is 1.10. The van der Waals surface area contributed by atoms with Crippen molar-refractivity contribution in [1.82, 2.24) is 5.32 Å². The monoisotopic (exact) mass is 171 g/mol. The van der Waals surface area contributed by atoms with Gasteiger partial charge in [-0.25, -0.2) is 0 Å². The number of carbonyl (C=O) groups is 1. The minimum absolute atomic E-state index is 0.0837. The maximum atomic E-state index is 11.1. The van der Waals surface area contributed by atoms with Crippen LogP contribution in [0.25, 0.3) is 0 Å². The molecule has 70 valence electrons. The van der Waals surface area contributed by atoms with Crippen LogP contribution in [-0.2, 0) is 9.53 Å². The lowest BCUT2D eigenvalue weighted by Gasteiger charge is -2.18. The van der Waals surface area contributed by atoms with E-state index in [1.807, 2.05) is 20.8 Å². The van der Waals surface area contributed by atoms with Crippen LogP contribution in [0.5, 0.6) is 0 Å². The predicted molar refractivity (Wildman–Crippen MR) is 48.9 cm³/mol. The summed E-state index contributed by atoms with van der Waals surface area (Å²) >= 11 is 0. The van der Waals surface area contributed by atoms with Crippen LogP contribution < -0.4 is 5.32 Å². The molecule has 0 aromatic carbocycles. The molecule has 3 heteroatoms. The standard InChI is InChI=1S/C9H17NO2/c1-9(2,3)10-8(11)6-5-7-12-4/h5-6H,7H2,1-4H3,(H,10,11)/b6-5+. The first-order chi connectivity index (χ1) is 5.45. The van der Waals surface area contributed by atoms with Crippen LogP contribution >= 0.6 is 0 Å². The Hall–Kier alpha value is -0.830. The quantitative estimate of drug-likeness (QED) is 0.646.